The minimum atomic E-state index is -0.509. The molecule has 2 aromatic rings. The number of nitrogens with one attached hydrogen (secondary N) is 3. The molecule has 134 valence electrons. The summed E-state index contributed by atoms with van der Waals surface area (Å²) in [4.78, 5) is 12.1. The van der Waals surface area contributed by atoms with Gasteiger partial charge in [0.1, 0.15) is 11.6 Å². The highest BCUT2D eigenvalue weighted by molar-refractivity contribution is 6.00. The molecular formula is C18H21ClFN3O2. The largest absolute Gasteiger partial charge is 0.494 e. The van der Waals surface area contributed by atoms with Crippen LogP contribution >= 0.6 is 12.4 Å². The van der Waals surface area contributed by atoms with E-state index in [1.807, 2.05) is 25.1 Å². The number of halogens is 2. The van der Waals surface area contributed by atoms with Crippen molar-refractivity contribution in [3.8, 4) is 5.75 Å². The van der Waals surface area contributed by atoms with E-state index in [2.05, 4.69) is 16.0 Å². The van der Waals surface area contributed by atoms with E-state index >= 15 is 0 Å². The molecule has 25 heavy (non-hydrogen) atoms. The van der Waals surface area contributed by atoms with Crippen molar-refractivity contribution in [2.45, 2.75) is 19.9 Å². The van der Waals surface area contributed by atoms with Crippen molar-refractivity contribution < 1.29 is 13.9 Å². The van der Waals surface area contributed by atoms with Gasteiger partial charge in [0, 0.05) is 18.3 Å². The fourth-order valence-corrected chi connectivity index (χ4v) is 2.70. The fourth-order valence-electron chi connectivity index (χ4n) is 2.70. The minimum Gasteiger partial charge on any atom is -0.494 e. The molecule has 2 amide bonds. The van der Waals surface area contributed by atoms with E-state index in [0.717, 1.165) is 19.5 Å². The van der Waals surface area contributed by atoms with Gasteiger partial charge >= 0.3 is 6.03 Å². The number of benzene rings is 2. The summed E-state index contributed by atoms with van der Waals surface area (Å²) in [5.41, 5.74) is 3.23. The smallest absolute Gasteiger partial charge is 0.323 e. The maximum Gasteiger partial charge on any atom is 0.323 e. The van der Waals surface area contributed by atoms with Crippen molar-refractivity contribution in [2.24, 2.45) is 0 Å². The first-order valence-corrected chi connectivity index (χ1v) is 7.98. The molecule has 1 aliphatic rings. The van der Waals surface area contributed by atoms with Crippen LogP contribution < -0.4 is 20.7 Å². The molecule has 0 bridgehead atoms. The Hall–Kier alpha value is -2.31. The van der Waals surface area contributed by atoms with Gasteiger partial charge in [0.05, 0.1) is 12.3 Å². The molecular weight excluding hydrogens is 345 g/mol. The van der Waals surface area contributed by atoms with Gasteiger partial charge in [-0.25, -0.2) is 9.18 Å². The fraction of sp³-hybridized carbons (Fsp3) is 0.278. The summed E-state index contributed by atoms with van der Waals surface area (Å²) in [6.45, 7) is 4.09. The molecule has 0 aromatic heterocycles. The van der Waals surface area contributed by atoms with Crippen molar-refractivity contribution in [3.05, 3.63) is 53.3 Å². The third-order valence-electron chi connectivity index (χ3n) is 3.85. The van der Waals surface area contributed by atoms with Crippen LogP contribution in [0.1, 0.15) is 18.1 Å². The summed E-state index contributed by atoms with van der Waals surface area (Å²) in [6, 6.07) is 9.58. The number of urea groups is 1. The van der Waals surface area contributed by atoms with E-state index in [-0.39, 0.29) is 18.1 Å². The molecule has 0 radical (unpaired) electrons. The molecule has 0 fully saturated rings. The van der Waals surface area contributed by atoms with Crippen LogP contribution in [0, 0.1) is 5.82 Å². The van der Waals surface area contributed by atoms with E-state index in [1.54, 1.807) is 0 Å². The highest BCUT2D eigenvalue weighted by Gasteiger charge is 2.12. The second-order valence-electron chi connectivity index (χ2n) is 5.56. The first kappa shape index (κ1) is 19.0. The van der Waals surface area contributed by atoms with Gasteiger partial charge in [-0.15, -0.1) is 12.4 Å². The van der Waals surface area contributed by atoms with Crippen molar-refractivity contribution in [1.29, 1.82) is 0 Å². The average Bonchev–Trinajstić information content (AvgIpc) is 2.58. The number of carbonyl (C=O) groups excluding carboxylic acids is 1. The molecule has 0 saturated heterocycles. The molecule has 1 heterocycles. The number of rotatable bonds is 4. The Morgan fingerprint density at radius 1 is 1.20 bits per heavy atom. The molecule has 0 unspecified atom stereocenters. The molecule has 7 heteroatoms. The van der Waals surface area contributed by atoms with Crippen LogP contribution in [0.5, 0.6) is 5.75 Å². The Balaban J connectivity index is 0.00000225. The lowest BCUT2D eigenvalue weighted by atomic mass is 10.0. The van der Waals surface area contributed by atoms with E-state index < -0.39 is 11.8 Å². The summed E-state index contributed by atoms with van der Waals surface area (Å²) in [7, 11) is 0. The lowest BCUT2D eigenvalue weighted by Crippen LogP contribution is -2.24. The van der Waals surface area contributed by atoms with Gasteiger partial charge < -0.3 is 20.7 Å². The topological polar surface area (TPSA) is 62.4 Å². The van der Waals surface area contributed by atoms with Crippen LogP contribution in [-0.4, -0.2) is 19.2 Å². The monoisotopic (exact) mass is 365 g/mol. The lowest BCUT2D eigenvalue weighted by molar-refractivity contribution is 0.262. The predicted molar refractivity (Wildman–Crippen MR) is 99.3 cm³/mol. The average molecular weight is 366 g/mol. The number of hydrogen-bond donors (Lipinski definition) is 3. The third kappa shape index (κ3) is 4.84. The molecule has 5 nitrogen and oxygen atoms in total. The highest BCUT2D eigenvalue weighted by Crippen LogP contribution is 2.22. The quantitative estimate of drug-likeness (QED) is 0.769. The minimum absolute atomic E-state index is 0. The maximum absolute atomic E-state index is 13.8. The van der Waals surface area contributed by atoms with Crippen molar-refractivity contribution in [3.63, 3.8) is 0 Å². The van der Waals surface area contributed by atoms with Crippen molar-refractivity contribution in [2.75, 3.05) is 23.8 Å². The first-order chi connectivity index (χ1) is 11.7. The van der Waals surface area contributed by atoms with E-state index in [1.165, 1.54) is 29.3 Å². The SMILES string of the molecule is CCOc1ccc(F)c(NC(=O)Nc2ccc3c(c2)CCNC3)c1.Cl. The van der Waals surface area contributed by atoms with Gasteiger partial charge in [0.25, 0.3) is 0 Å². The first-order valence-electron chi connectivity index (χ1n) is 7.98. The highest BCUT2D eigenvalue weighted by atomic mass is 35.5. The Labute approximate surface area is 152 Å². The second kappa shape index (κ2) is 8.69. The van der Waals surface area contributed by atoms with E-state index in [9.17, 15) is 9.18 Å². The number of ether oxygens (including phenoxy) is 1. The predicted octanol–water partition coefficient (Wildman–Crippen LogP) is 3.94. The third-order valence-corrected chi connectivity index (χ3v) is 3.85. The van der Waals surface area contributed by atoms with E-state index in [4.69, 9.17) is 4.74 Å². The van der Waals surface area contributed by atoms with Crippen molar-refractivity contribution in [1.82, 2.24) is 5.32 Å². The van der Waals surface area contributed by atoms with Crippen LogP contribution in [0.2, 0.25) is 0 Å². The standard InChI is InChI=1S/C18H20FN3O2.ClH/c1-2-24-15-5-6-16(19)17(10-15)22-18(23)21-14-4-3-13-11-20-8-7-12(13)9-14;/h3-6,9-10,20H,2,7-8,11H2,1H3,(H2,21,22,23);1H. The maximum atomic E-state index is 13.8. The van der Waals surface area contributed by atoms with E-state index in [0.29, 0.717) is 18.0 Å². The molecule has 0 spiro atoms. The number of carbonyl (C=O) groups is 1. The summed E-state index contributed by atoms with van der Waals surface area (Å²) in [6.07, 6.45) is 0.928. The molecule has 3 N–H and O–H groups in total. The molecule has 1 aliphatic heterocycles. The Morgan fingerprint density at radius 2 is 2.04 bits per heavy atom. The molecule has 3 rings (SSSR count). The van der Waals surface area contributed by atoms with Crippen LogP contribution in [0.25, 0.3) is 0 Å². The zero-order chi connectivity index (χ0) is 16.9. The summed E-state index contributed by atoms with van der Waals surface area (Å²) < 4.78 is 19.1. The Bertz CT molecular complexity index is 755. The van der Waals surface area contributed by atoms with Gasteiger partial charge in [0.15, 0.2) is 0 Å². The Morgan fingerprint density at radius 3 is 2.84 bits per heavy atom. The molecule has 0 saturated carbocycles. The number of fused-ring (bicyclic) bond motifs is 1. The molecule has 0 aliphatic carbocycles. The lowest BCUT2D eigenvalue weighted by Gasteiger charge is -2.18. The van der Waals surface area contributed by atoms with Gasteiger partial charge in [-0.2, -0.15) is 0 Å². The summed E-state index contributed by atoms with van der Waals surface area (Å²) in [5.74, 6) is 0.000555. The van der Waals surface area contributed by atoms with Gasteiger partial charge in [-0.1, -0.05) is 6.07 Å². The summed E-state index contributed by atoms with van der Waals surface area (Å²) in [5, 5.41) is 8.56. The van der Waals surface area contributed by atoms with Crippen molar-refractivity contribution >= 4 is 29.8 Å². The second-order valence-corrected chi connectivity index (χ2v) is 5.56. The van der Waals surface area contributed by atoms with Gasteiger partial charge in [-0.05, 0) is 55.3 Å². The van der Waals surface area contributed by atoms with Crippen LogP contribution in [0.15, 0.2) is 36.4 Å². The van der Waals surface area contributed by atoms with Gasteiger partial charge in [-0.3, -0.25) is 0 Å². The Kier molecular flexibility index (Phi) is 6.61. The molecule has 2 aromatic carbocycles. The zero-order valence-corrected chi connectivity index (χ0v) is 14.7. The van der Waals surface area contributed by atoms with Crippen LogP contribution in [-0.2, 0) is 13.0 Å². The van der Waals surface area contributed by atoms with Crippen LogP contribution in [0.3, 0.4) is 0 Å². The number of anilines is 2. The number of hydrogen-bond acceptors (Lipinski definition) is 3. The van der Waals surface area contributed by atoms with Gasteiger partial charge in [0.2, 0.25) is 0 Å². The summed E-state index contributed by atoms with van der Waals surface area (Å²) >= 11 is 0. The molecule has 0 atom stereocenters. The zero-order valence-electron chi connectivity index (χ0n) is 13.9. The van der Waals surface area contributed by atoms with Crippen LogP contribution in [0.4, 0.5) is 20.6 Å². The number of amides is 2. The normalized spacial score (nSPS) is 12.6.